The molecule has 172 valence electrons. The van der Waals surface area contributed by atoms with Crippen molar-refractivity contribution in [3.63, 3.8) is 0 Å². The molecular formula is C26H19ClN6O2. The van der Waals surface area contributed by atoms with Gasteiger partial charge < -0.3 is 9.67 Å². The number of benzene rings is 1. The number of pyridine rings is 3. The van der Waals surface area contributed by atoms with E-state index in [1.807, 2.05) is 0 Å². The van der Waals surface area contributed by atoms with Crippen molar-refractivity contribution in [3.05, 3.63) is 105 Å². The normalized spacial score (nSPS) is 12.9. The van der Waals surface area contributed by atoms with Crippen molar-refractivity contribution in [3.8, 4) is 23.6 Å². The second kappa shape index (κ2) is 8.47. The van der Waals surface area contributed by atoms with Gasteiger partial charge in [0.2, 0.25) is 0 Å². The predicted molar refractivity (Wildman–Crippen MR) is 133 cm³/mol. The van der Waals surface area contributed by atoms with Gasteiger partial charge in [0.25, 0.3) is 5.56 Å². The maximum absolute atomic E-state index is 12.7. The van der Waals surface area contributed by atoms with Crippen LogP contribution in [0.3, 0.4) is 0 Å². The SMILES string of the molecule is C#Cc1cccc(-c2cc(=O)n(C)c3ccc([C@](O)(c4ccc(Cl)cc4)c4cnnn4C)nc23)n1. The van der Waals surface area contributed by atoms with Crippen LogP contribution in [0.15, 0.2) is 71.7 Å². The zero-order valence-electron chi connectivity index (χ0n) is 18.8. The largest absolute Gasteiger partial charge is 0.373 e. The van der Waals surface area contributed by atoms with Gasteiger partial charge in [-0.15, -0.1) is 11.5 Å². The molecule has 0 saturated heterocycles. The Bertz CT molecular complexity index is 1680. The van der Waals surface area contributed by atoms with Crippen molar-refractivity contribution in [1.29, 1.82) is 0 Å². The molecule has 0 aliphatic carbocycles. The first kappa shape index (κ1) is 22.5. The number of terminal acetylenes is 1. The Balaban J connectivity index is 1.84. The van der Waals surface area contributed by atoms with E-state index in [4.69, 9.17) is 23.0 Å². The first-order chi connectivity index (χ1) is 16.8. The first-order valence-electron chi connectivity index (χ1n) is 10.6. The number of fused-ring (bicyclic) bond motifs is 1. The Morgan fingerprint density at radius 1 is 1.06 bits per heavy atom. The van der Waals surface area contributed by atoms with E-state index in [1.54, 1.807) is 68.7 Å². The number of nitrogens with zero attached hydrogens (tertiary/aromatic N) is 6. The van der Waals surface area contributed by atoms with E-state index in [-0.39, 0.29) is 5.56 Å². The van der Waals surface area contributed by atoms with Crippen LogP contribution in [0.25, 0.3) is 22.3 Å². The summed E-state index contributed by atoms with van der Waals surface area (Å²) in [5.74, 6) is 2.52. The van der Waals surface area contributed by atoms with Gasteiger partial charge in [0.1, 0.15) is 11.4 Å². The molecule has 9 heteroatoms. The van der Waals surface area contributed by atoms with Gasteiger partial charge in [0.15, 0.2) is 5.60 Å². The van der Waals surface area contributed by atoms with E-state index >= 15 is 0 Å². The fraction of sp³-hybridized carbons (Fsp3) is 0.115. The highest BCUT2D eigenvalue weighted by atomic mass is 35.5. The second-order valence-corrected chi connectivity index (χ2v) is 8.47. The molecule has 35 heavy (non-hydrogen) atoms. The average Bonchev–Trinajstić information content (AvgIpc) is 3.32. The number of aromatic nitrogens is 6. The number of aliphatic hydroxyl groups is 1. The van der Waals surface area contributed by atoms with Crippen molar-refractivity contribution in [2.75, 3.05) is 0 Å². The summed E-state index contributed by atoms with van der Waals surface area (Å²) in [6, 6.07) is 17.0. The van der Waals surface area contributed by atoms with Crippen LogP contribution in [0.5, 0.6) is 0 Å². The van der Waals surface area contributed by atoms with E-state index in [0.29, 0.717) is 50.0 Å². The molecule has 1 N–H and O–H groups in total. The highest BCUT2D eigenvalue weighted by Gasteiger charge is 2.39. The van der Waals surface area contributed by atoms with Crippen molar-refractivity contribution >= 4 is 22.6 Å². The number of halogens is 1. The van der Waals surface area contributed by atoms with Crippen molar-refractivity contribution in [2.24, 2.45) is 14.1 Å². The molecule has 0 spiro atoms. The third kappa shape index (κ3) is 3.67. The van der Waals surface area contributed by atoms with Crippen LogP contribution in [-0.4, -0.2) is 34.6 Å². The second-order valence-electron chi connectivity index (χ2n) is 8.03. The minimum atomic E-state index is -1.71. The molecule has 0 unspecified atom stereocenters. The smallest absolute Gasteiger partial charge is 0.251 e. The van der Waals surface area contributed by atoms with E-state index in [2.05, 4.69) is 21.2 Å². The molecule has 0 radical (unpaired) electrons. The molecule has 1 aromatic carbocycles. The van der Waals surface area contributed by atoms with Crippen molar-refractivity contribution in [2.45, 2.75) is 5.60 Å². The van der Waals surface area contributed by atoms with Gasteiger partial charge in [-0.1, -0.05) is 40.9 Å². The van der Waals surface area contributed by atoms with Crippen LogP contribution in [0, 0.1) is 12.3 Å². The van der Waals surface area contributed by atoms with Gasteiger partial charge >= 0.3 is 0 Å². The standard InChI is InChI=1S/C26H19ClN6O2/c1-4-18-6-5-7-20(29-18)19-14-24(34)32(2)21-12-13-22(30-25(19)21)26(35,23-15-28-31-33(23)3)16-8-10-17(27)11-9-16/h1,5-15,35H,2-3H3/t26-/m1/s1. The maximum atomic E-state index is 12.7. The predicted octanol–water partition coefficient (Wildman–Crippen LogP) is 3.04. The Labute approximate surface area is 205 Å². The highest BCUT2D eigenvalue weighted by molar-refractivity contribution is 6.30. The molecule has 4 aromatic heterocycles. The Morgan fingerprint density at radius 3 is 2.51 bits per heavy atom. The zero-order chi connectivity index (χ0) is 24.7. The molecule has 0 aliphatic rings. The number of rotatable bonds is 4. The third-order valence-corrected chi connectivity index (χ3v) is 6.23. The lowest BCUT2D eigenvalue weighted by atomic mass is 9.86. The molecule has 1 atom stereocenters. The number of hydrogen-bond acceptors (Lipinski definition) is 6. The zero-order valence-corrected chi connectivity index (χ0v) is 19.6. The summed E-state index contributed by atoms with van der Waals surface area (Å²) < 4.78 is 2.98. The summed E-state index contributed by atoms with van der Waals surface area (Å²) in [4.78, 5) is 22.1. The van der Waals surface area contributed by atoms with Gasteiger partial charge in [0, 0.05) is 30.7 Å². The summed E-state index contributed by atoms with van der Waals surface area (Å²) in [6.45, 7) is 0. The molecule has 0 bridgehead atoms. The van der Waals surface area contributed by atoms with Gasteiger partial charge in [-0.2, -0.15) is 0 Å². The van der Waals surface area contributed by atoms with E-state index < -0.39 is 5.60 Å². The van der Waals surface area contributed by atoms with E-state index in [1.165, 1.54) is 21.5 Å². The van der Waals surface area contributed by atoms with Gasteiger partial charge in [-0.3, -0.25) is 4.79 Å². The molecule has 0 amide bonds. The first-order valence-corrected chi connectivity index (χ1v) is 11.0. The summed E-state index contributed by atoms with van der Waals surface area (Å²) in [7, 11) is 3.35. The summed E-state index contributed by atoms with van der Waals surface area (Å²) in [5.41, 5.74) is 1.81. The molecule has 4 heterocycles. The minimum Gasteiger partial charge on any atom is -0.373 e. The van der Waals surface area contributed by atoms with Crippen LogP contribution >= 0.6 is 11.6 Å². The highest BCUT2D eigenvalue weighted by Crippen LogP contribution is 2.37. The topological polar surface area (TPSA) is 98.7 Å². The lowest BCUT2D eigenvalue weighted by Gasteiger charge is -2.28. The molecule has 5 aromatic rings. The quantitative estimate of drug-likeness (QED) is 0.395. The Kier molecular flexibility index (Phi) is 5.44. The summed E-state index contributed by atoms with van der Waals surface area (Å²) in [6.07, 6.45) is 7.02. The molecule has 5 rings (SSSR count). The third-order valence-electron chi connectivity index (χ3n) is 5.98. The molecule has 0 aliphatic heterocycles. The van der Waals surface area contributed by atoms with Crippen molar-refractivity contribution < 1.29 is 5.11 Å². The monoisotopic (exact) mass is 482 g/mol. The van der Waals surface area contributed by atoms with Crippen LogP contribution < -0.4 is 5.56 Å². The van der Waals surface area contributed by atoms with Crippen LogP contribution in [0.1, 0.15) is 22.6 Å². The molecule has 0 fully saturated rings. The molecule has 8 nitrogen and oxygen atoms in total. The Morgan fingerprint density at radius 2 is 1.83 bits per heavy atom. The van der Waals surface area contributed by atoms with Crippen LogP contribution in [0.2, 0.25) is 5.02 Å². The lowest BCUT2D eigenvalue weighted by Crippen LogP contribution is -2.32. The Hall–Kier alpha value is -4.32. The van der Waals surface area contributed by atoms with Crippen molar-refractivity contribution in [1.82, 2.24) is 29.5 Å². The lowest BCUT2D eigenvalue weighted by molar-refractivity contribution is 0.111. The van der Waals surface area contributed by atoms with Gasteiger partial charge in [0.05, 0.1) is 28.6 Å². The number of aryl methyl sites for hydroxylation is 2. The van der Waals surface area contributed by atoms with E-state index in [0.717, 1.165) is 0 Å². The fourth-order valence-electron chi connectivity index (χ4n) is 4.13. The summed E-state index contributed by atoms with van der Waals surface area (Å²) >= 11 is 6.11. The average molecular weight is 483 g/mol. The molecule has 0 saturated carbocycles. The van der Waals surface area contributed by atoms with Gasteiger partial charge in [-0.05, 0) is 42.0 Å². The minimum absolute atomic E-state index is 0.223. The maximum Gasteiger partial charge on any atom is 0.251 e. The van der Waals surface area contributed by atoms with Crippen LogP contribution in [0.4, 0.5) is 0 Å². The molecular weight excluding hydrogens is 464 g/mol. The number of hydrogen-bond donors (Lipinski definition) is 1. The van der Waals surface area contributed by atoms with Crippen LogP contribution in [-0.2, 0) is 19.7 Å². The fourth-order valence-corrected chi connectivity index (χ4v) is 4.25. The van der Waals surface area contributed by atoms with Gasteiger partial charge in [-0.25, -0.2) is 14.6 Å². The summed E-state index contributed by atoms with van der Waals surface area (Å²) in [5, 5.41) is 20.7. The van der Waals surface area contributed by atoms with E-state index in [9.17, 15) is 9.90 Å².